The molecule has 1 aromatic heterocycles. The molecule has 0 spiro atoms. The van der Waals surface area contributed by atoms with E-state index < -0.39 is 18.4 Å². The third-order valence-corrected chi connectivity index (χ3v) is 2.70. The number of rotatable bonds is 5. The molecule has 2 rings (SSSR count). The molecule has 23 heavy (non-hydrogen) atoms. The number of carboxylic acid groups (broad SMARTS) is 1. The molecule has 0 aliphatic carbocycles. The molecular formula is C14H10F3N3O3. The van der Waals surface area contributed by atoms with Crippen LogP contribution in [0.5, 0.6) is 5.75 Å². The highest BCUT2D eigenvalue weighted by Gasteiger charge is 2.13. The van der Waals surface area contributed by atoms with Crippen molar-refractivity contribution < 1.29 is 27.8 Å². The van der Waals surface area contributed by atoms with Crippen molar-refractivity contribution in [2.75, 3.05) is 5.73 Å². The average Bonchev–Trinajstić information content (AvgIpc) is 2.49. The Morgan fingerprint density at radius 3 is 2.48 bits per heavy atom. The molecule has 120 valence electrons. The van der Waals surface area contributed by atoms with Crippen molar-refractivity contribution in [3.8, 4) is 5.75 Å². The van der Waals surface area contributed by atoms with Crippen LogP contribution in [0.3, 0.4) is 0 Å². The summed E-state index contributed by atoms with van der Waals surface area (Å²) < 4.78 is 43.2. The van der Waals surface area contributed by atoms with Gasteiger partial charge in [0.15, 0.2) is 0 Å². The number of anilines is 1. The van der Waals surface area contributed by atoms with Crippen LogP contribution in [-0.4, -0.2) is 27.7 Å². The van der Waals surface area contributed by atoms with Gasteiger partial charge >= 0.3 is 12.6 Å². The van der Waals surface area contributed by atoms with E-state index in [-0.39, 0.29) is 28.4 Å². The molecule has 0 atom stereocenters. The van der Waals surface area contributed by atoms with Crippen molar-refractivity contribution in [2.24, 2.45) is 0 Å². The molecular weight excluding hydrogens is 315 g/mol. The maximum atomic E-state index is 14.2. The summed E-state index contributed by atoms with van der Waals surface area (Å²) in [5.41, 5.74) is 4.85. The lowest BCUT2D eigenvalue weighted by Crippen LogP contribution is -2.05. The van der Waals surface area contributed by atoms with E-state index in [1.54, 1.807) is 0 Å². The van der Waals surface area contributed by atoms with Crippen molar-refractivity contribution in [1.82, 2.24) is 9.97 Å². The molecule has 0 saturated heterocycles. The summed E-state index contributed by atoms with van der Waals surface area (Å²) in [5, 5.41) is 8.93. The SMILES string of the molecule is Nc1ncc(/C(F)=C/c2cc(C(=O)O)ccc2OC(F)F)cn1. The zero-order valence-corrected chi connectivity index (χ0v) is 11.4. The van der Waals surface area contributed by atoms with Crippen molar-refractivity contribution in [3.05, 3.63) is 47.3 Å². The van der Waals surface area contributed by atoms with Gasteiger partial charge in [-0.25, -0.2) is 19.2 Å². The minimum absolute atomic E-state index is 0.0528. The summed E-state index contributed by atoms with van der Waals surface area (Å²) in [4.78, 5) is 18.1. The third-order valence-electron chi connectivity index (χ3n) is 2.70. The highest BCUT2D eigenvalue weighted by atomic mass is 19.3. The lowest BCUT2D eigenvalue weighted by Gasteiger charge is -2.09. The van der Waals surface area contributed by atoms with Gasteiger partial charge in [0.05, 0.1) is 5.56 Å². The Morgan fingerprint density at radius 2 is 1.91 bits per heavy atom. The van der Waals surface area contributed by atoms with E-state index >= 15 is 0 Å². The molecule has 0 aliphatic heterocycles. The Hall–Kier alpha value is -3.10. The number of carbonyl (C=O) groups is 1. The maximum absolute atomic E-state index is 14.2. The molecule has 0 unspecified atom stereocenters. The van der Waals surface area contributed by atoms with Crippen LogP contribution >= 0.6 is 0 Å². The standard InChI is InChI=1S/C14H10F3N3O3/c15-10(9-5-19-14(18)20-6-9)4-8-3-7(12(21)22)1-2-11(8)23-13(16)17/h1-6,13H,(H,21,22)(H2,18,19,20)/b10-4-. The van der Waals surface area contributed by atoms with Gasteiger partial charge in [0.2, 0.25) is 5.95 Å². The van der Waals surface area contributed by atoms with Crippen LogP contribution in [0.2, 0.25) is 0 Å². The Kier molecular flexibility index (Phi) is 4.79. The number of hydrogen-bond acceptors (Lipinski definition) is 5. The number of aromatic nitrogens is 2. The first-order valence-electron chi connectivity index (χ1n) is 6.14. The Bertz CT molecular complexity index is 749. The predicted octanol–water partition coefficient (Wildman–Crippen LogP) is 2.83. The number of alkyl halides is 2. The molecule has 1 heterocycles. The topological polar surface area (TPSA) is 98.3 Å². The zero-order valence-electron chi connectivity index (χ0n) is 11.4. The molecule has 1 aromatic carbocycles. The Labute approximate surface area is 128 Å². The molecule has 0 fully saturated rings. The molecule has 0 bridgehead atoms. The molecule has 2 aromatic rings. The number of aromatic carboxylic acids is 1. The summed E-state index contributed by atoms with van der Waals surface area (Å²) >= 11 is 0. The highest BCUT2D eigenvalue weighted by Crippen LogP contribution is 2.27. The second-order valence-corrected chi connectivity index (χ2v) is 4.26. The summed E-state index contributed by atoms with van der Waals surface area (Å²) in [6.45, 7) is -3.14. The van der Waals surface area contributed by atoms with E-state index in [0.29, 0.717) is 0 Å². The second kappa shape index (κ2) is 6.77. The quantitative estimate of drug-likeness (QED) is 0.877. The van der Waals surface area contributed by atoms with Crippen LogP contribution in [0.4, 0.5) is 19.1 Å². The second-order valence-electron chi connectivity index (χ2n) is 4.26. The molecule has 0 radical (unpaired) electrons. The van der Waals surface area contributed by atoms with Gasteiger partial charge in [-0.2, -0.15) is 8.78 Å². The minimum Gasteiger partial charge on any atom is -0.478 e. The van der Waals surface area contributed by atoms with Crippen molar-refractivity contribution in [2.45, 2.75) is 6.61 Å². The lowest BCUT2D eigenvalue weighted by atomic mass is 10.1. The normalized spacial score (nSPS) is 11.6. The first-order chi connectivity index (χ1) is 10.9. The number of hydrogen-bond donors (Lipinski definition) is 2. The van der Waals surface area contributed by atoms with E-state index in [1.807, 2.05) is 0 Å². The molecule has 6 nitrogen and oxygen atoms in total. The van der Waals surface area contributed by atoms with Crippen molar-refractivity contribution in [1.29, 1.82) is 0 Å². The number of nitrogen functional groups attached to an aromatic ring is 1. The summed E-state index contributed by atoms with van der Waals surface area (Å²) in [6.07, 6.45) is 3.05. The van der Waals surface area contributed by atoms with E-state index in [0.717, 1.165) is 36.7 Å². The van der Waals surface area contributed by atoms with Crippen LogP contribution in [0, 0.1) is 0 Å². The lowest BCUT2D eigenvalue weighted by molar-refractivity contribution is -0.0499. The van der Waals surface area contributed by atoms with Crippen LogP contribution in [-0.2, 0) is 0 Å². The number of nitrogens with zero attached hydrogens (tertiary/aromatic N) is 2. The Morgan fingerprint density at radius 1 is 1.26 bits per heavy atom. The highest BCUT2D eigenvalue weighted by molar-refractivity contribution is 5.90. The molecule has 0 saturated carbocycles. The van der Waals surface area contributed by atoms with E-state index in [4.69, 9.17) is 10.8 Å². The van der Waals surface area contributed by atoms with Gasteiger partial charge in [0.1, 0.15) is 11.6 Å². The Balaban J connectivity index is 2.45. The largest absolute Gasteiger partial charge is 0.478 e. The number of nitrogens with two attached hydrogens (primary N) is 1. The average molecular weight is 325 g/mol. The van der Waals surface area contributed by atoms with Gasteiger partial charge in [-0.05, 0) is 24.3 Å². The zero-order chi connectivity index (χ0) is 17.0. The van der Waals surface area contributed by atoms with Gasteiger partial charge in [-0.15, -0.1) is 0 Å². The summed E-state index contributed by atoms with van der Waals surface area (Å²) in [5.74, 6) is -2.58. The minimum atomic E-state index is -3.14. The molecule has 0 aliphatic rings. The monoisotopic (exact) mass is 325 g/mol. The molecule has 3 N–H and O–H groups in total. The van der Waals surface area contributed by atoms with Gasteiger partial charge in [-0.1, -0.05) is 0 Å². The van der Waals surface area contributed by atoms with E-state index in [2.05, 4.69) is 14.7 Å². The fraction of sp³-hybridized carbons (Fsp3) is 0.0714. The van der Waals surface area contributed by atoms with Crippen LogP contribution in [0.25, 0.3) is 11.9 Å². The smallest absolute Gasteiger partial charge is 0.387 e. The van der Waals surface area contributed by atoms with Gasteiger partial charge in [0, 0.05) is 23.5 Å². The van der Waals surface area contributed by atoms with Crippen molar-refractivity contribution >= 4 is 23.8 Å². The van der Waals surface area contributed by atoms with Gasteiger partial charge in [-0.3, -0.25) is 0 Å². The number of ether oxygens (including phenoxy) is 1. The van der Waals surface area contributed by atoms with Crippen LogP contribution in [0.15, 0.2) is 30.6 Å². The summed E-state index contributed by atoms with van der Waals surface area (Å²) in [6, 6.07) is 3.10. The number of benzene rings is 1. The van der Waals surface area contributed by atoms with Gasteiger partial charge in [0.25, 0.3) is 0 Å². The van der Waals surface area contributed by atoms with E-state index in [1.165, 1.54) is 0 Å². The predicted molar refractivity (Wildman–Crippen MR) is 75.5 cm³/mol. The molecule has 9 heteroatoms. The first-order valence-corrected chi connectivity index (χ1v) is 6.14. The summed E-state index contributed by atoms with van der Waals surface area (Å²) in [7, 11) is 0. The van der Waals surface area contributed by atoms with Crippen molar-refractivity contribution in [3.63, 3.8) is 0 Å². The number of halogens is 3. The third kappa shape index (κ3) is 4.19. The fourth-order valence-electron chi connectivity index (χ4n) is 1.68. The number of carboxylic acids is 1. The first kappa shape index (κ1) is 16.3. The maximum Gasteiger partial charge on any atom is 0.387 e. The molecule has 0 amide bonds. The van der Waals surface area contributed by atoms with Gasteiger partial charge < -0.3 is 15.6 Å². The van der Waals surface area contributed by atoms with Crippen LogP contribution in [0.1, 0.15) is 21.5 Å². The van der Waals surface area contributed by atoms with E-state index in [9.17, 15) is 18.0 Å². The fourth-order valence-corrected chi connectivity index (χ4v) is 1.68. The van der Waals surface area contributed by atoms with Crippen LogP contribution < -0.4 is 10.5 Å².